The van der Waals surface area contributed by atoms with E-state index in [0.29, 0.717) is 24.7 Å². The number of alkyl halides is 3. The summed E-state index contributed by atoms with van der Waals surface area (Å²) in [5, 5.41) is 26.0. The summed E-state index contributed by atoms with van der Waals surface area (Å²) >= 11 is 1.67. The lowest BCUT2D eigenvalue weighted by molar-refractivity contribution is -0.141. The van der Waals surface area contributed by atoms with E-state index in [9.17, 15) is 13.2 Å². The van der Waals surface area contributed by atoms with Crippen LogP contribution in [-0.2, 0) is 19.3 Å². The van der Waals surface area contributed by atoms with E-state index in [-0.39, 0.29) is 6.17 Å². The first-order valence-electron chi connectivity index (χ1n) is 12.1. The molecule has 3 aromatic rings. The van der Waals surface area contributed by atoms with Crippen molar-refractivity contribution in [3.8, 4) is 0 Å². The molecule has 0 bridgehead atoms. The standard InChI is InChI=1S/C25H28F3N7OS/c1-16-11-22(25(26,27)28)33-35(16)10-9-34-7-5-17(6-8-34)24-32-21(15-37-24)23-29-12-18-3-2-4-19(13-31-36)20(18)14-30-23/h2-4,9-11,13,15,17,23,29-30,36H,5-8,12,14H2,1H3. The third kappa shape index (κ3) is 5.71. The molecule has 1 fully saturated rings. The maximum Gasteiger partial charge on any atom is 0.435 e. The number of fused-ring (bicyclic) bond motifs is 1. The van der Waals surface area contributed by atoms with Crippen molar-refractivity contribution in [2.45, 2.75) is 51.1 Å². The molecule has 1 aromatic carbocycles. The SMILES string of the molecule is Cc1cc(C(F)(F)F)nn1C=CN1CCC(c2nc(C3NCc4cccc(C=NO)c4CN3)cs2)CC1. The van der Waals surface area contributed by atoms with Gasteiger partial charge in [-0.05, 0) is 37.0 Å². The Morgan fingerprint density at radius 2 is 1.95 bits per heavy atom. The van der Waals surface area contributed by atoms with Crippen LogP contribution >= 0.6 is 11.3 Å². The molecule has 0 spiro atoms. The summed E-state index contributed by atoms with van der Waals surface area (Å²) in [6.07, 6.45) is 2.17. The topological polar surface area (TPSA) is 90.6 Å². The fourth-order valence-electron chi connectivity index (χ4n) is 4.77. The number of hydrogen-bond donors (Lipinski definition) is 3. The number of oxime groups is 1. The number of nitrogens with one attached hydrogen (secondary N) is 2. The van der Waals surface area contributed by atoms with Crippen LogP contribution in [0.4, 0.5) is 13.2 Å². The van der Waals surface area contributed by atoms with E-state index in [1.54, 1.807) is 24.5 Å². The third-order valence-corrected chi connectivity index (χ3v) is 7.86. The second-order valence-electron chi connectivity index (χ2n) is 9.26. The van der Waals surface area contributed by atoms with Crippen LogP contribution in [0.2, 0.25) is 0 Å². The van der Waals surface area contributed by atoms with Crippen molar-refractivity contribution < 1.29 is 18.4 Å². The molecule has 1 atom stereocenters. The van der Waals surface area contributed by atoms with Crippen LogP contribution in [-0.4, -0.2) is 44.2 Å². The molecule has 196 valence electrons. The van der Waals surface area contributed by atoms with E-state index in [1.807, 2.05) is 18.3 Å². The summed E-state index contributed by atoms with van der Waals surface area (Å²) in [6, 6.07) is 7.00. The van der Waals surface area contributed by atoms with Crippen LogP contribution in [0.25, 0.3) is 6.20 Å². The maximum atomic E-state index is 12.9. The predicted octanol–water partition coefficient (Wildman–Crippen LogP) is 4.67. The van der Waals surface area contributed by atoms with Gasteiger partial charge in [-0.1, -0.05) is 23.4 Å². The first-order chi connectivity index (χ1) is 17.8. The Morgan fingerprint density at radius 1 is 1.16 bits per heavy atom. The van der Waals surface area contributed by atoms with Crippen molar-refractivity contribution in [2.24, 2.45) is 5.16 Å². The number of hydrogen-bond acceptors (Lipinski definition) is 8. The summed E-state index contributed by atoms with van der Waals surface area (Å²) in [5.74, 6) is 0.349. The zero-order chi connectivity index (χ0) is 26.0. The smallest absolute Gasteiger partial charge is 0.411 e. The summed E-state index contributed by atoms with van der Waals surface area (Å²) < 4.78 is 39.9. The number of halogens is 3. The van der Waals surface area contributed by atoms with Gasteiger partial charge in [-0.2, -0.15) is 18.3 Å². The van der Waals surface area contributed by atoms with Gasteiger partial charge in [0.2, 0.25) is 0 Å². The minimum Gasteiger partial charge on any atom is -0.411 e. The Kier molecular flexibility index (Phi) is 7.31. The normalized spacial score (nSPS) is 19.6. The van der Waals surface area contributed by atoms with Gasteiger partial charge >= 0.3 is 6.18 Å². The Labute approximate surface area is 216 Å². The highest BCUT2D eigenvalue weighted by atomic mass is 32.1. The molecule has 4 heterocycles. The zero-order valence-corrected chi connectivity index (χ0v) is 21.1. The number of nitrogens with zero attached hydrogens (tertiary/aromatic N) is 5. The second-order valence-corrected chi connectivity index (χ2v) is 10.1. The number of benzene rings is 1. The molecule has 2 aliphatic heterocycles. The lowest BCUT2D eigenvalue weighted by Gasteiger charge is -2.30. The van der Waals surface area contributed by atoms with Crippen LogP contribution in [0.3, 0.4) is 0 Å². The molecule has 12 heteroatoms. The molecule has 0 aliphatic carbocycles. The zero-order valence-electron chi connectivity index (χ0n) is 20.2. The van der Waals surface area contributed by atoms with Gasteiger partial charge in [-0.25, -0.2) is 9.67 Å². The van der Waals surface area contributed by atoms with Crippen LogP contribution in [0.5, 0.6) is 0 Å². The highest BCUT2D eigenvalue weighted by Crippen LogP contribution is 2.32. The first kappa shape index (κ1) is 25.4. The van der Waals surface area contributed by atoms with Crippen molar-refractivity contribution in [1.82, 2.24) is 30.3 Å². The molecular formula is C25H28F3N7OS. The Balaban J connectivity index is 1.18. The maximum absolute atomic E-state index is 12.9. The summed E-state index contributed by atoms with van der Waals surface area (Å²) in [4.78, 5) is 7.06. The second kappa shape index (κ2) is 10.6. The van der Waals surface area contributed by atoms with Crippen LogP contribution < -0.4 is 10.6 Å². The van der Waals surface area contributed by atoms with E-state index in [4.69, 9.17) is 10.2 Å². The lowest BCUT2D eigenvalue weighted by atomic mass is 9.98. The number of likely N-dealkylation sites (tertiary alicyclic amines) is 1. The first-order valence-corrected chi connectivity index (χ1v) is 13.0. The quantitative estimate of drug-likeness (QED) is 0.252. The van der Waals surface area contributed by atoms with Gasteiger partial charge in [0.05, 0.1) is 16.9 Å². The van der Waals surface area contributed by atoms with Crippen molar-refractivity contribution in [3.05, 3.63) is 74.6 Å². The van der Waals surface area contributed by atoms with E-state index in [1.165, 1.54) is 10.9 Å². The Morgan fingerprint density at radius 3 is 2.68 bits per heavy atom. The van der Waals surface area contributed by atoms with E-state index in [0.717, 1.165) is 59.4 Å². The fraction of sp³-hybridized carbons (Fsp3) is 0.400. The van der Waals surface area contributed by atoms with E-state index in [2.05, 4.69) is 37.2 Å². The van der Waals surface area contributed by atoms with E-state index >= 15 is 0 Å². The molecule has 2 aromatic heterocycles. The lowest BCUT2D eigenvalue weighted by Crippen LogP contribution is -2.31. The van der Waals surface area contributed by atoms with E-state index < -0.39 is 11.9 Å². The number of aryl methyl sites for hydroxylation is 1. The van der Waals surface area contributed by atoms with Gasteiger partial charge in [0, 0.05) is 61.1 Å². The minimum atomic E-state index is -4.45. The van der Waals surface area contributed by atoms with Crippen LogP contribution in [0.1, 0.15) is 63.7 Å². The molecule has 3 N–H and O–H groups in total. The highest BCUT2D eigenvalue weighted by molar-refractivity contribution is 7.09. The number of thiazole rings is 1. The van der Waals surface area contributed by atoms with Gasteiger partial charge < -0.3 is 10.1 Å². The van der Waals surface area contributed by atoms with Gasteiger partial charge in [-0.3, -0.25) is 10.6 Å². The van der Waals surface area contributed by atoms with Crippen molar-refractivity contribution in [2.75, 3.05) is 13.1 Å². The molecule has 0 saturated carbocycles. The summed E-state index contributed by atoms with van der Waals surface area (Å²) in [6.45, 7) is 4.52. The predicted molar refractivity (Wildman–Crippen MR) is 135 cm³/mol. The summed E-state index contributed by atoms with van der Waals surface area (Å²) in [7, 11) is 0. The van der Waals surface area contributed by atoms with Crippen molar-refractivity contribution in [3.63, 3.8) is 0 Å². The van der Waals surface area contributed by atoms with Gasteiger partial charge in [0.25, 0.3) is 0 Å². The third-order valence-electron chi connectivity index (χ3n) is 6.83. The molecule has 0 amide bonds. The molecule has 2 aliphatic rings. The average Bonchev–Trinajstić information content (AvgIpc) is 3.45. The minimum absolute atomic E-state index is 0.0850. The largest absolute Gasteiger partial charge is 0.435 e. The molecule has 0 radical (unpaired) electrons. The Bertz CT molecular complexity index is 1290. The van der Waals surface area contributed by atoms with Crippen LogP contribution in [0, 0.1) is 6.92 Å². The average molecular weight is 532 g/mol. The molecule has 1 saturated heterocycles. The van der Waals surface area contributed by atoms with Crippen LogP contribution in [0.15, 0.2) is 41.0 Å². The molecule has 8 nitrogen and oxygen atoms in total. The monoisotopic (exact) mass is 531 g/mol. The molecule has 37 heavy (non-hydrogen) atoms. The Hall–Kier alpha value is -3.22. The van der Waals surface area contributed by atoms with Crippen molar-refractivity contribution in [1.29, 1.82) is 0 Å². The number of piperidine rings is 1. The highest BCUT2D eigenvalue weighted by Gasteiger charge is 2.34. The van der Waals surface area contributed by atoms with Crippen molar-refractivity contribution >= 4 is 23.8 Å². The summed E-state index contributed by atoms with van der Waals surface area (Å²) in [5.41, 5.74) is 3.67. The fourth-order valence-corrected chi connectivity index (χ4v) is 5.78. The molecule has 5 rings (SSSR count). The molecule has 1 unspecified atom stereocenters. The van der Waals surface area contributed by atoms with Gasteiger partial charge in [0.1, 0.15) is 6.17 Å². The molecular weight excluding hydrogens is 503 g/mol. The number of aromatic nitrogens is 3. The number of rotatable bonds is 5. The van der Waals surface area contributed by atoms with Gasteiger partial charge in [-0.15, -0.1) is 11.3 Å². The van der Waals surface area contributed by atoms with Gasteiger partial charge in [0.15, 0.2) is 5.69 Å².